The Morgan fingerprint density at radius 2 is 2.03 bits per heavy atom. The number of benzene rings is 1. The van der Waals surface area contributed by atoms with Gasteiger partial charge in [-0.2, -0.15) is 0 Å². The van der Waals surface area contributed by atoms with Crippen molar-refractivity contribution in [2.75, 3.05) is 6.61 Å². The molecule has 6 nitrogen and oxygen atoms in total. The first kappa shape index (κ1) is 20.5. The lowest BCUT2D eigenvalue weighted by atomic mass is 9.81. The lowest BCUT2D eigenvalue weighted by Gasteiger charge is -2.36. The van der Waals surface area contributed by atoms with Gasteiger partial charge in [0, 0.05) is 30.1 Å². The fourth-order valence-electron chi connectivity index (χ4n) is 4.23. The van der Waals surface area contributed by atoms with E-state index in [2.05, 4.69) is 15.6 Å². The van der Waals surface area contributed by atoms with E-state index in [1.807, 2.05) is 6.92 Å². The Balaban J connectivity index is 1.21. The van der Waals surface area contributed by atoms with E-state index >= 15 is 0 Å². The van der Waals surface area contributed by atoms with E-state index in [4.69, 9.17) is 9.84 Å². The predicted molar refractivity (Wildman–Crippen MR) is 111 cm³/mol. The second-order valence-corrected chi connectivity index (χ2v) is 9.20. The largest absolute Gasteiger partial charge is 0.488 e. The molecule has 2 fully saturated rings. The molecule has 1 aromatic heterocycles. The normalized spacial score (nSPS) is 28.0. The zero-order chi connectivity index (χ0) is 20.4. The summed E-state index contributed by atoms with van der Waals surface area (Å²) in [6.07, 6.45) is 5.16. The monoisotopic (exact) mass is 421 g/mol. The number of rotatable bonds is 7. The highest BCUT2D eigenvalue weighted by molar-refractivity contribution is 7.16. The molecule has 1 atom stereocenters. The molecule has 0 radical (unpaired) electrons. The number of aliphatic hydroxyl groups excluding tert-OH is 1. The van der Waals surface area contributed by atoms with Crippen LogP contribution in [0.3, 0.4) is 0 Å². The zero-order valence-electron chi connectivity index (χ0n) is 16.6. The van der Waals surface area contributed by atoms with Crippen molar-refractivity contribution in [1.29, 1.82) is 0 Å². The van der Waals surface area contributed by atoms with Crippen molar-refractivity contribution in [1.82, 2.24) is 15.6 Å². The summed E-state index contributed by atoms with van der Waals surface area (Å²) in [6, 6.07) is 3.59. The second kappa shape index (κ2) is 8.93. The van der Waals surface area contributed by atoms with Gasteiger partial charge >= 0.3 is 0 Å². The molecule has 1 unspecified atom stereocenters. The van der Waals surface area contributed by atoms with Crippen LogP contribution in [0.15, 0.2) is 17.6 Å². The number of carbonyl (C=O) groups is 1. The quantitative estimate of drug-likeness (QED) is 0.640. The molecule has 1 aromatic carbocycles. The molecule has 0 aliphatic heterocycles. The maximum absolute atomic E-state index is 13.7. The van der Waals surface area contributed by atoms with Crippen LogP contribution in [-0.4, -0.2) is 46.8 Å². The Hall–Kier alpha value is -1.77. The molecule has 0 spiro atoms. The number of fused-ring (bicyclic) bond motifs is 1. The van der Waals surface area contributed by atoms with E-state index in [-0.39, 0.29) is 42.4 Å². The minimum atomic E-state index is -0.330. The van der Waals surface area contributed by atoms with Crippen LogP contribution in [0.5, 0.6) is 5.75 Å². The number of hydrogen-bond donors (Lipinski definition) is 3. The number of thiazole rings is 1. The van der Waals surface area contributed by atoms with Crippen LogP contribution in [0, 0.1) is 11.7 Å². The molecule has 158 valence electrons. The zero-order valence-corrected chi connectivity index (χ0v) is 17.4. The van der Waals surface area contributed by atoms with Gasteiger partial charge in [-0.3, -0.25) is 4.79 Å². The van der Waals surface area contributed by atoms with Gasteiger partial charge in [0.2, 0.25) is 5.91 Å². The summed E-state index contributed by atoms with van der Waals surface area (Å²) < 4.78 is 20.4. The lowest BCUT2D eigenvalue weighted by molar-refractivity contribution is -0.131. The van der Waals surface area contributed by atoms with Crippen LogP contribution < -0.4 is 15.4 Å². The Kier molecular flexibility index (Phi) is 6.32. The fraction of sp³-hybridized carbons (Fsp3) is 0.619. The van der Waals surface area contributed by atoms with Gasteiger partial charge in [-0.15, -0.1) is 11.3 Å². The van der Waals surface area contributed by atoms with Crippen LogP contribution >= 0.6 is 11.3 Å². The van der Waals surface area contributed by atoms with E-state index in [9.17, 15) is 9.18 Å². The summed E-state index contributed by atoms with van der Waals surface area (Å²) in [4.78, 5) is 16.8. The third kappa shape index (κ3) is 4.87. The number of amides is 1. The lowest BCUT2D eigenvalue weighted by Crippen LogP contribution is -2.49. The molecule has 0 bridgehead atoms. The van der Waals surface area contributed by atoms with Crippen LogP contribution in [0.2, 0.25) is 0 Å². The van der Waals surface area contributed by atoms with Gasteiger partial charge in [0.05, 0.1) is 16.8 Å². The number of aromatic nitrogens is 1. The van der Waals surface area contributed by atoms with Crippen LogP contribution in [0.25, 0.3) is 10.2 Å². The Labute approximate surface area is 173 Å². The molecular weight excluding hydrogens is 393 g/mol. The van der Waals surface area contributed by atoms with Gasteiger partial charge in [-0.25, -0.2) is 9.37 Å². The SMILES string of the molecule is CC(CO)N[C@H]1CC[C@@H](NC(=O)[C@H]2C[C@H](Oc3cc(F)cc4scnc34)C2)CC1. The van der Waals surface area contributed by atoms with Gasteiger partial charge in [-0.1, -0.05) is 0 Å². The van der Waals surface area contributed by atoms with Gasteiger partial charge < -0.3 is 20.5 Å². The molecule has 1 heterocycles. The van der Waals surface area contributed by atoms with E-state index in [1.54, 1.807) is 5.51 Å². The molecule has 2 saturated carbocycles. The van der Waals surface area contributed by atoms with Gasteiger partial charge in [0.15, 0.2) is 0 Å². The minimum Gasteiger partial charge on any atom is -0.488 e. The summed E-state index contributed by atoms with van der Waals surface area (Å²) in [5.41, 5.74) is 2.37. The van der Waals surface area contributed by atoms with E-state index < -0.39 is 0 Å². The van der Waals surface area contributed by atoms with Crippen molar-refractivity contribution >= 4 is 27.5 Å². The molecule has 0 saturated heterocycles. The van der Waals surface area contributed by atoms with Crippen molar-refractivity contribution in [3.63, 3.8) is 0 Å². The average molecular weight is 422 g/mol. The van der Waals surface area contributed by atoms with Crippen molar-refractivity contribution in [2.24, 2.45) is 5.92 Å². The van der Waals surface area contributed by atoms with Crippen molar-refractivity contribution in [3.8, 4) is 5.75 Å². The molecule has 3 N–H and O–H groups in total. The first-order valence-electron chi connectivity index (χ1n) is 10.4. The molecule has 2 aromatic rings. The number of hydrogen-bond acceptors (Lipinski definition) is 6. The summed E-state index contributed by atoms with van der Waals surface area (Å²) in [6.45, 7) is 2.12. The molecule has 29 heavy (non-hydrogen) atoms. The molecular formula is C21H28FN3O3S. The highest BCUT2D eigenvalue weighted by Crippen LogP contribution is 2.36. The first-order valence-corrected chi connectivity index (χ1v) is 11.3. The number of ether oxygens (including phenoxy) is 1. The number of nitrogens with zero attached hydrogens (tertiary/aromatic N) is 1. The highest BCUT2D eigenvalue weighted by Gasteiger charge is 2.37. The number of aliphatic hydroxyl groups is 1. The molecule has 1 amide bonds. The maximum Gasteiger partial charge on any atom is 0.223 e. The number of halogens is 1. The maximum atomic E-state index is 13.7. The Morgan fingerprint density at radius 1 is 1.31 bits per heavy atom. The van der Waals surface area contributed by atoms with Gasteiger partial charge in [0.25, 0.3) is 0 Å². The van der Waals surface area contributed by atoms with Crippen LogP contribution in [0.4, 0.5) is 4.39 Å². The molecule has 2 aliphatic rings. The predicted octanol–water partition coefficient (Wildman–Crippen LogP) is 2.99. The summed E-state index contributed by atoms with van der Waals surface area (Å²) >= 11 is 1.39. The van der Waals surface area contributed by atoms with Gasteiger partial charge in [0.1, 0.15) is 23.2 Å². The third-order valence-corrected chi connectivity index (χ3v) is 6.77. The molecule has 2 aliphatic carbocycles. The number of carbonyl (C=O) groups excluding carboxylic acids is 1. The Bertz CT molecular complexity index is 847. The van der Waals surface area contributed by atoms with Gasteiger partial charge in [-0.05, 0) is 51.5 Å². The van der Waals surface area contributed by atoms with E-state index in [0.29, 0.717) is 30.1 Å². The topological polar surface area (TPSA) is 83.5 Å². The Morgan fingerprint density at radius 3 is 2.76 bits per heavy atom. The van der Waals surface area contributed by atoms with Crippen molar-refractivity contribution < 1.29 is 19.0 Å². The average Bonchev–Trinajstić information content (AvgIpc) is 3.14. The van der Waals surface area contributed by atoms with Crippen molar-refractivity contribution in [2.45, 2.75) is 69.7 Å². The van der Waals surface area contributed by atoms with Crippen molar-refractivity contribution in [3.05, 3.63) is 23.5 Å². The van der Waals surface area contributed by atoms with Crippen LogP contribution in [-0.2, 0) is 4.79 Å². The molecule has 8 heteroatoms. The molecule has 4 rings (SSSR count). The smallest absolute Gasteiger partial charge is 0.223 e. The number of nitrogens with one attached hydrogen (secondary N) is 2. The summed E-state index contributed by atoms with van der Waals surface area (Å²) in [5.74, 6) is 0.199. The second-order valence-electron chi connectivity index (χ2n) is 8.32. The fourth-order valence-corrected chi connectivity index (χ4v) is 4.94. The third-order valence-electron chi connectivity index (χ3n) is 5.99. The summed E-state index contributed by atoms with van der Waals surface area (Å²) in [7, 11) is 0. The van der Waals surface area contributed by atoms with E-state index in [0.717, 1.165) is 30.4 Å². The highest BCUT2D eigenvalue weighted by atomic mass is 32.1. The standard InChI is InChI=1S/C21H28FN3O3S/c1-12(10-26)24-15-2-4-16(5-3-15)25-21(27)13-6-17(7-13)28-18-8-14(22)9-19-20(18)23-11-29-19/h8-9,11-13,15-17,24,26H,2-7,10H2,1H3,(H,25,27)/t12?,13-,15-,16+,17-. The minimum absolute atomic E-state index is 0.0373. The first-order chi connectivity index (χ1) is 14.0. The van der Waals surface area contributed by atoms with E-state index in [1.165, 1.54) is 23.5 Å². The summed E-state index contributed by atoms with van der Waals surface area (Å²) in [5, 5.41) is 15.8. The van der Waals surface area contributed by atoms with Crippen LogP contribution in [0.1, 0.15) is 45.4 Å².